The fourth-order valence-electron chi connectivity index (χ4n) is 2.74. The zero-order valence-electron chi connectivity index (χ0n) is 13.5. The van der Waals surface area contributed by atoms with E-state index in [9.17, 15) is 17.6 Å². The van der Waals surface area contributed by atoms with Gasteiger partial charge in [-0.2, -0.15) is 4.31 Å². The van der Waals surface area contributed by atoms with Crippen molar-refractivity contribution in [3.8, 4) is 0 Å². The molecule has 1 aliphatic rings. The summed E-state index contributed by atoms with van der Waals surface area (Å²) in [5, 5.41) is 9.09. The lowest BCUT2D eigenvalue weighted by atomic mass is 10.0. The number of carboxylic acid groups (broad SMARTS) is 1. The molecule has 1 aromatic rings. The molecule has 0 aliphatic carbocycles. The van der Waals surface area contributed by atoms with E-state index in [4.69, 9.17) is 9.84 Å². The number of rotatable bonds is 3. The Morgan fingerprint density at radius 2 is 2.00 bits per heavy atom. The number of nitrogens with zero attached hydrogens (tertiary/aromatic N) is 1. The molecule has 0 spiro atoms. The maximum atomic E-state index is 14.3. The minimum absolute atomic E-state index is 0.0876. The van der Waals surface area contributed by atoms with E-state index >= 15 is 0 Å². The van der Waals surface area contributed by atoms with E-state index in [2.05, 4.69) is 0 Å². The molecule has 0 aromatic heterocycles. The Morgan fingerprint density at radius 3 is 2.52 bits per heavy atom. The zero-order valence-corrected chi connectivity index (χ0v) is 14.3. The second-order valence-corrected chi connectivity index (χ2v) is 8.18. The quantitative estimate of drug-likeness (QED) is 0.901. The Balaban J connectivity index is 2.55. The summed E-state index contributed by atoms with van der Waals surface area (Å²) in [6.45, 7) is 5.97. The second kappa shape index (κ2) is 5.85. The highest BCUT2D eigenvalue weighted by Crippen LogP contribution is 2.32. The van der Waals surface area contributed by atoms with Crippen molar-refractivity contribution in [3.05, 3.63) is 29.1 Å². The molecular weight excluding hydrogens is 325 g/mol. The lowest BCUT2D eigenvalue weighted by molar-refractivity contribution is -0.159. The molecule has 0 radical (unpaired) electrons. The predicted molar refractivity (Wildman–Crippen MR) is 81.2 cm³/mol. The van der Waals surface area contributed by atoms with Gasteiger partial charge in [0.15, 0.2) is 6.10 Å². The van der Waals surface area contributed by atoms with Gasteiger partial charge in [0.05, 0.1) is 18.7 Å². The number of morpholine rings is 1. The maximum Gasteiger partial charge on any atom is 0.334 e. The van der Waals surface area contributed by atoms with Gasteiger partial charge in [-0.15, -0.1) is 0 Å². The van der Waals surface area contributed by atoms with E-state index in [1.807, 2.05) is 0 Å². The third-order valence-electron chi connectivity index (χ3n) is 3.84. The predicted octanol–water partition coefficient (Wildman–Crippen LogP) is 1.70. The number of carboxylic acids is 1. The number of ether oxygens (including phenoxy) is 1. The van der Waals surface area contributed by atoms with Gasteiger partial charge in [0.25, 0.3) is 0 Å². The summed E-state index contributed by atoms with van der Waals surface area (Å²) in [5.41, 5.74) is -0.0746. The minimum Gasteiger partial charge on any atom is -0.479 e. The van der Waals surface area contributed by atoms with Gasteiger partial charge >= 0.3 is 5.97 Å². The van der Waals surface area contributed by atoms with Crippen LogP contribution in [0.4, 0.5) is 4.39 Å². The first kappa shape index (κ1) is 17.8. The molecule has 1 aliphatic heterocycles. The molecule has 1 unspecified atom stereocenters. The highest BCUT2D eigenvalue weighted by atomic mass is 32.2. The standard InChI is InChI=1S/C15H20FNO5S/c1-9-5-10(2)13(11(16)6-9)23(20,21)17-7-12(14(18)19)22-8-15(17,3)4/h5-6,12H,7-8H2,1-4H3,(H,18,19). The molecule has 0 saturated carbocycles. The first-order chi connectivity index (χ1) is 10.5. The normalized spacial score (nSPS) is 22.0. The van der Waals surface area contributed by atoms with Crippen LogP contribution in [0.15, 0.2) is 17.0 Å². The number of halogens is 1. The van der Waals surface area contributed by atoms with E-state index in [-0.39, 0.29) is 18.7 Å². The molecule has 6 nitrogen and oxygen atoms in total. The monoisotopic (exact) mass is 345 g/mol. The van der Waals surface area contributed by atoms with Crippen molar-refractivity contribution in [2.24, 2.45) is 0 Å². The molecule has 1 fully saturated rings. The lowest BCUT2D eigenvalue weighted by Crippen LogP contribution is -2.59. The van der Waals surface area contributed by atoms with E-state index in [1.165, 1.54) is 6.92 Å². The number of carbonyl (C=O) groups is 1. The summed E-state index contributed by atoms with van der Waals surface area (Å²) in [5.74, 6) is -2.08. The van der Waals surface area contributed by atoms with Crippen molar-refractivity contribution in [2.45, 2.75) is 44.2 Å². The van der Waals surface area contributed by atoms with Crippen molar-refractivity contribution < 1.29 is 27.4 Å². The first-order valence-electron chi connectivity index (χ1n) is 7.11. The SMILES string of the molecule is Cc1cc(C)c(S(=O)(=O)N2CC(C(=O)O)OCC2(C)C)c(F)c1. The van der Waals surface area contributed by atoms with Crippen LogP contribution in [0.25, 0.3) is 0 Å². The van der Waals surface area contributed by atoms with Gasteiger partial charge in [0, 0.05) is 0 Å². The van der Waals surface area contributed by atoms with Crippen LogP contribution in [0.3, 0.4) is 0 Å². The highest BCUT2D eigenvalue weighted by Gasteiger charge is 2.46. The van der Waals surface area contributed by atoms with Crippen LogP contribution < -0.4 is 0 Å². The van der Waals surface area contributed by atoms with Gasteiger partial charge in [-0.3, -0.25) is 0 Å². The van der Waals surface area contributed by atoms with Crippen molar-refractivity contribution in [1.82, 2.24) is 4.31 Å². The summed E-state index contributed by atoms with van der Waals surface area (Å²) >= 11 is 0. The summed E-state index contributed by atoms with van der Waals surface area (Å²) in [7, 11) is -4.20. The van der Waals surface area contributed by atoms with E-state index < -0.39 is 38.3 Å². The molecule has 8 heteroatoms. The van der Waals surface area contributed by atoms with Crippen LogP contribution in [-0.2, 0) is 19.6 Å². The third kappa shape index (κ3) is 3.24. The van der Waals surface area contributed by atoms with Crippen molar-refractivity contribution in [1.29, 1.82) is 0 Å². The average molecular weight is 345 g/mol. The number of benzene rings is 1. The molecule has 1 aromatic carbocycles. The molecule has 128 valence electrons. The van der Waals surface area contributed by atoms with Gasteiger partial charge in [0.2, 0.25) is 10.0 Å². The van der Waals surface area contributed by atoms with E-state index in [0.717, 1.165) is 10.4 Å². The number of hydrogen-bond acceptors (Lipinski definition) is 4. The summed E-state index contributed by atoms with van der Waals surface area (Å²) in [4.78, 5) is 10.7. The molecule has 0 bridgehead atoms. The minimum atomic E-state index is -4.20. The summed E-state index contributed by atoms with van der Waals surface area (Å²) in [6, 6.07) is 2.74. The van der Waals surface area contributed by atoms with Gasteiger partial charge in [-0.25, -0.2) is 17.6 Å². The summed E-state index contributed by atoms with van der Waals surface area (Å²) in [6.07, 6.45) is -1.27. The zero-order chi connectivity index (χ0) is 17.6. The smallest absolute Gasteiger partial charge is 0.334 e. The van der Waals surface area contributed by atoms with Crippen LogP contribution in [0.5, 0.6) is 0 Å². The molecule has 1 saturated heterocycles. The molecule has 0 amide bonds. The summed E-state index contributed by atoms with van der Waals surface area (Å²) < 4.78 is 46.5. The fourth-order valence-corrected chi connectivity index (χ4v) is 4.77. The molecule has 2 rings (SSSR count). The van der Waals surface area contributed by atoms with Crippen LogP contribution in [0.1, 0.15) is 25.0 Å². The van der Waals surface area contributed by atoms with Crippen LogP contribution >= 0.6 is 0 Å². The number of aryl methyl sites for hydroxylation is 2. The van der Waals surface area contributed by atoms with E-state index in [0.29, 0.717) is 5.56 Å². The van der Waals surface area contributed by atoms with Gasteiger partial charge in [0.1, 0.15) is 10.7 Å². The van der Waals surface area contributed by atoms with Gasteiger partial charge < -0.3 is 9.84 Å². The topological polar surface area (TPSA) is 83.9 Å². The van der Waals surface area contributed by atoms with Gasteiger partial charge in [-0.05, 0) is 44.9 Å². The molecule has 1 N–H and O–H groups in total. The van der Waals surface area contributed by atoms with E-state index in [1.54, 1.807) is 26.8 Å². The third-order valence-corrected chi connectivity index (χ3v) is 6.10. The fraction of sp³-hybridized carbons (Fsp3) is 0.533. The average Bonchev–Trinajstić information content (AvgIpc) is 2.35. The molecule has 1 heterocycles. The molecule has 1 atom stereocenters. The Bertz CT molecular complexity index is 721. The highest BCUT2D eigenvalue weighted by molar-refractivity contribution is 7.89. The van der Waals surface area contributed by atoms with Crippen molar-refractivity contribution >= 4 is 16.0 Å². The van der Waals surface area contributed by atoms with Crippen LogP contribution in [0, 0.1) is 19.7 Å². The Labute approximate surface area is 134 Å². The maximum absolute atomic E-state index is 14.3. The Morgan fingerprint density at radius 1 is 1.39 bits per heavy atom. The Hall–Kier alpha value is -1.51. The van der Waals surface area contributed by atoms with Crippen LogP contribution in [0.2, 0.25) is 0 Å². The number of sulfonamides is 1. The molecular formula is C15H20FNO5S. The number of hydrogen-bond donors (Lipinski definition) is 1. The largest absolute Gasteiger partial charge is 0.479 e. The van der Waals surface area contributed by atoms with Crippen molar-refractivity contribution in [3.63, 3.8) is 0 Å². The second-order valence-electron chi connectivity index (χ2n) is 6.38. The Kier molecular flexibility index (Phi) is 4.53. The van der Waals surface area contributed by atoms with Crippen molar-refractivity contribution in [2.75, 3.05) is 13.2 Å². The van der Waals surface area contributed by atoms with Gasteiger partial charge in [-0.1, -0.05) is 6.07 Å². The number of aliphatic carboxylic acids is 1. The van der Waals surface area contributed by atoms with Crippen LogP contribution in [-0.4, -0.2) is 48.6 Å². The molecule has 23 heavy (non-hydrogen) atoms. The lowest BCUT2D eigenvalue weighted by Gasteiger charge is -2.43. The first-order valence-corrected chi connectivity index (χ1v) is 8.55.